The molecule has 1 rings (SSSR count). The van der Waals surface area contributed by atoms with Crippen LogP contribution in [0.4, 0.5) is 0 Å². The molecule has 1 heterocycles. The van der Waals surface area contributed by atoms with E-state index in [9.17, 15) is 4.79 Å². The lowest BCUT2D eigenvalue weighted by Gasteiger charge is -2.11. The molecule has 1 fully saturated rings. The smallest absolute Gasteiger partial charge is 0.320 e. The Morgan fingerprint density at radius 3 is 2.57 bits per heavy atom. The first-order chi connectivity index (χ1) is 6.61. The summed E-state index contributed by atoms with van der Waals surface area (Å²) in [6.45, 7) is 2.28. The first-order valence-electron chi connectivity index (χ1n) is 4.63. The van der Waals surface area contributed by atoms with Gasteiger partial charge in [0.15, 0.2) is 5.96 Å². The molecule has 0 aromatic carbocycles. The minimum absolute atomic E-state index is 0.0589. The van der Waals surface area contributed by atoms with Gasteiger partial charge in [-0.2, -0.15) is 0 Å². The number of rotatable bonds is 6. The molecule has 1 aliphatic heterocycles. The Morgan fingerprint density at radius 1 is 1.50 bits per heavy atom. The van der Waals surface area contributed by atoms with Gasteiger partial charge in [0.1, 0.15) is 6.04 Å². The lowest BCUT2D eigenvalue weighted by Crippen LogP contribution is -2.29. The molecule has 0 bridgehead atoms. The Bertz CT molecular complexity index is 233. The Morgan fingerprint density at radius 2 is 2.14 bits per heavy atom. The highest BCUT2D eigenvalue weighted by Gasteiger charge is 2.32. The maximum Gasteiger partial charge on any atom is 0.320 e. The van der Waals surface area contributed by atoms with E-state index in [-0.39, 0.29) is 12.0 Å². The summed E-state index contributed by atoms with van der Waals surface area (Å²) < 4.78 is 0. The van der Waals surface area contributed by atoms with Crippen molar-refractivity contribution >= 4 is 11.9 Å². The third kappa shape index (κ3) is 3.61. The van der Waals surface area contributed by atoms with E-state index in [2.05, 4.69) is 4.99 Å². The summed E-state index contributed by atoms with van der Waals surface area (Å²) in [4.78, 5) is 16.5. The van der Waals surface area contributed by atoms with Gasteiger partial charge in [-0.1, -0.05) is 0 Å². The average molecular weight is 200 g/mol. The van der Waals surface area contributed by atoms with Crippen LogP contribution in [0, 0.1) is 0 Å². The van der Waals surface area contributed by atoms with E-state index in [0.29, 0.717) is 19.4 Å². The number of guanidine groups is 1. The van der Waals surface area contributed by atoms with Crippen LogP contribution in [0.25, 0.3) is 0 Å². The zero-order chi connectivity index (χ0) is 10.6. The van der Waals surface area contributed by atoms with E-state index < -0.39 is 5.97 Å². The van der Waals surface area contributed by atoms with Gasteiger partial charge in [0.25, 0.3) is 0 Å². The second kappa shape index (κ2) is 4.80. The molecule has 0 saturated carbocycles. The van der Waals surface area contributed by atoms with Gasteiger partial charge in [-0.25, -0.2) is 0 Å². The molecule has 0 aliphatic carbocycles. The van der Waals surface area contributed by atoms with Crippen LogP contribution in [-0.4, -0.2) is 47.6 Å². The summed E-state index contributed by atoms with van der Waals surface area (Å²) in [7, 11) is 0. The molecule has 14 heavy (non-hydrogen) atoms. The van der Waals surface area contributed by atoms with Crippen molar-refractivity contribution in [2.75, 3.05) is 19.6 Å². The van der Waals surface area contributed by atoms with Crippen LogP contribution >= 0.6 is 0 Å². The van der Waals surface area contributed by atoms with Crippen LogP contribution < -0.4 is 11.5 Å². The summed E-state index contributed by atoms with van der Waals surface area (Å²) >= 11 is 0. The fourth-order valence-corrected chi connectivity index (χ4v) is 1.32. The normalized spacial score (nSPS) is 17.4. The van der Waals surface area contributed by atoms with Gasteiger partial charge in [-0.05, 0) is 12.8 Å². The van der Waals surface area contributed by atoms with Crippen LogP contribution in [0.2, 0.25) is 0 Å². The monoisotopic (exact) mass is 200 g/mol. The van der Waals surface area contributed by atoms with Crippen LogP contribution in [-0.2, 0) is 4.79 Å². The van der Waals surface area contributed by atoms with Gasteiger partial charge < -0.3 is 16.6 Å². The van der Waals surface area contributed by atoms with Crippen molar-refractivity contribution in [2.45, 2.75) is 18.9 Å². The first kappa shape index (κ1) is 10.8. The molecule has 0 aromatic heterocycles. The Hall–Kier alpha value is -1.30. The fourth-order valence-electron chi connectivity index (χ4n) is 1.32. The van der Waals surface area contributed by atoms with E-state index in [1.165, 1.54) is 0 Å². The summed E-state index contributed by atoms with van der Waals surface area (Å²) in [6, 6.07) is -0.357. The molecule has 0 spiro atoms. The van der Waals surface area contributed by atoms with Gasteiger partial charge in [-0.15, -0.1) is 0 Å². The zero-order valence-corrected chi connectivity index (χ0v) is 8.02. The van der Waals surface area contributed by atoms with Gasteiger partial charge in [-0.3, -0.25) is 14.7 Å². The van der Waals surface area contributed by atoms with Gasteiger partial charge in [0.2, 0.25) is 0 Å². The van der Waals surface area contributed by atoms with Crippen molar-refractivity contribution in [1.82, 2.24) is 4.90 Å². The molecule has 80 valence electrons. The molecule has 1 aliphatic rings. The van der Waals surface area contributed by atoms with Crippen LogP contribution in [0.15, 0.2) is 4.99 Å². The van der Waals surface area contributed by atoms with E-state index in [1.54, 1.807) is 0 Å². The standard InChI is InChI=1S/C8H16N4O2/c9-8(10)11-3-1-2-6(7(13)14)12-4-5-12/h6H,1-5H2,(H,13,14)(H4,9,10,11)/t6-/m1/s1. The highest BCUT2D eigenvalue weighted by atomic mass is 16.4. The van der Waals surface area contributed by atoms with E-state index in [0.717, 1.165) is 13.1 Å². The predicted octanol–water partition coefficient (Wildman–Crippen LogP) is -1.19. The highest BCUT2D eigenvalue weighted by molar-refractivity contribution is 5.75. The largest absolute Gasteiger partial charge is 0.480 e. The molecular weight excluding hydrogens is 184 g/mol. The number of carboxylic acid groups (broad SMARTS) is 1. The number of nitrogens with two attached hydrogens (primary N) is 2. The first-order valence-corrected chi connectivity index (χ1v) is 4.63. The average Bonchev–Trinajstić information content (AvgIpc) is 2.86. The van der Waals surface area contributed by atoms with E-state index in [1.807, 2.05) is 4.90 Å². The van der Waals surface area contributed by atoms with Crippen molar-refractivity contribution < 1.29 is 9.90 Å². The Labute approximate surface area is 82.6 Å². The van der Waals surface area contributed by atoms with Crippen LogP contribution in [0.5, 0.6) is 0 Å². The van der Waals surface area contributed by atoms with Crippen molar-refractivity contribution in [2.24, 2.45) is 16.5 Å². The molecular formula is C8H16N4O2. The predicted molar refractivity (Wildman–Crippen MR) is 52.9 cm³/mol. The van der Waals surface area contributed by atoms with Crippen molar-refractivity contribution in [3.8, 4) is 0 Å². The number of aliphatic carboxylic acids is 1. The van der Waals surface area contributed by atoms with E-state index >= 15 is 0 Å². The molecule has 0 aromatic rings. The second-order valence-corrected chi connectivity index (χ2v) is 3.34. The number of hydrogen-bond acceptors (Lipinski definition) is 3. The summed E-state index contributed by atoms with van der Waals surface area (Å²) in [5, 5.41) is 8.87. The minimum Gasteiger partial charge on any atom is -0.480 e. The lowest BCUT2D eigenvalue weighted by molar-refractivity contribution is -0.141. The maximum atomic E-state index is 10.8. The number of nitrogens with zero attached hydrogens (tertiary/aromatic N) is 2. The highest BCUT2D eigenvalue weighted by Crippen LogP contribution is 2.15. The molecule has 6 heteroatoms. The molecule has 1 atom stereocenters. The topological polar surface area (TPSA) is 105 Å². The molecule has 6 nitrogen and oxygen atoms in total. The van der Waals surface area contributed by atoms with Crippen molar-refractivity contribution in [3.05, 3.63) is 0 Å². The van der Waals surface area contributed by atoms with Crippen LogP contribution in [0.3, 0.4) is 0 Å². The third-order valence-corrected chi connectivity index (χ3v) is 2.14. The number of carboxylic acids is 1. The van der Waals surface area contributed by atoms with Gasteiger partial charge >= 0.3 is 5.97 Å². The fraction of sp³-hybridized carbons (Fsp3) is 0.750. The Kier molecular flexibility index (Phi) is 3.70. The number of aliphatic imine (C=N–C) groups is 1. The molecule has 1 saturated heterocycles. The minimum atomic E-state index is -0.757. The summed E-state index contributed by atoms with van der Waals surface area (Å²) in [6.07, 6.45) is 1.30. The number of hydrogen-bond donors (Lipinski definition) is 3. The zero-order valence-electron chi connectivity index (χ0n) is 8.02. The van der Waals surface area contributed by atoms with Crippen molar-refractivity contribution in [3.63, 3.8) is 0 Å². The van der Waals surface area contributed by atoms with E-state index in [4.69, 9.17) is 16.6 Å². The molecule has 0 unspecified atom stereocenters. The number of carbonyl (C=O) groups is 1. The Balaban J connectivity index is 2.20. The molecule has 0 amide bonds. The lowest BCUT2D eigenvalue weighted by atomic mass is 10.1. The second-order valence-electron chi connectivity index (χ2n) is 3.34. The molecule has 0 radical (unpaired) electrons. The SMILES string of the molecule is NC(N)=NCCC[C@H](C(=O)O)N1CC1. The third-order valence-electron chi connectivity index (χ3n) is 2.14. The summed E-state index contributed by atoms with van der Waals surface area (Å²) in [5.41, 5.74) is 10.3. The van der Waals surface area contributed by atoms with Gasteiger partial charge in [0, 0.05) is 19.6 Å². The quantitative estimate of drug-likeness (QED) is 0.216. The maximum absolute atomic E-state index is 10.8. The summed E-state index contributed by atoms with van der Waals surface area (Å²) in [5.74, 6) is -0.698. The van der Waals surface area contributed by atoms with Crippen molar-refractivity contribution in [1.29, 1.82) is 0 Å². The van der Waals surface area contributed by atoms with Crippen LogP contribution in [0.1, 0.15) is 12.8 Å². The molecule has 5 N–H and O–H groups in total. The van der Waals surface area contributed by atoms with Gasteiger partial charge in [0.05, 0.1) is 0 Å².